The highest BCUT2D eigenvalue weighted by molar-refractivity contribution is 6.30. The standard InChI is InChI=1S/C21H20ClF2N3O2/c1-13(2)12-29-19-7-6-15(22)10-14(19)11-27-9-8-18(26-27)21(28)25-20-16(23)4-3-5-17(20)24/h3-10,13H,11-12H2,1-2H3,(H,25,28). The number of nitrogens with one attached hydrogen (secondary N) is 1. The van der Waals surface area contributed by atoms with Crippen LogP contribution in [-0.2, 0) is 6.54 Å². The summed E-state index contributed by atoms with van der Waals surface area (Å²) in [5, 5.41) is 6.96. The average molecular weight is 420 g/mol. The highest BCUT2D eigenvalue weighted by Gasteiger charge is 2.16. The SMILES string of the molecule is CC(C)COc1ccc(Cl)cc1Cn1ccc(C(=O)Nc2c(F)cccc2F)n1. The van der Waals surface area contributed by atoms with Gasteiger partial charge in [0.05, 0.1) is 13.2 Å². The number of halogens is 3. The molecule has 0 spiro atoms. The van der Waals surface area contributed by atoms with Crippen LogP contribution in [0.5, 0.6) is 5.75 Å². The molecular weight excluding hydrogens is 400 g/mol. The van der Waals surface area contributed by atoms with Crippen molar-refractivity contribution in [2.75, 3.05) is 11.9 Å². The quantitative estimate of drug-likeness (QED) is 0.576. The zero-order valence-corrected chi connectivity index (χ0v) is 16.7. The molecule has 0 bridgehead atoms. The minimum absolute atomic E-state index is 0.0272. The number of carbonyl (C=O) groups excluding carboxylic acids is 1. The molecule has 8 heteroatoms. The number of ether oxygens (including phenoxy) is 1. The third-order valence-corrected chi connectivity index (χ3v) is 4.24. The monoisotopic (exact) mass is 419 g/mol. The van der Waals surface area contributed by atoms with Crippen LogP contribution in [0.3, 0.4) is 0 Å². The lowest BCUT2D eigenvalue weighted by molar-refractivity contribution is 0.102. The lowest BCUT2D eigenvalue weighted by Gasteiger charge is -2.13. The van der Waals surface area contributed by atoms with Gasteiger partial charge in [-0.15, -0.1) is 0 Å². The predicted molar refractivity (Wildman–Crippen MR) is 107 cm³/mol. The predicted octanol–water partition coefficient (Wildman–Crippen LogP) is 5.15. The van der Waals surface area contributed by atoms with Crippen molar-refractivity contribution in [1.82, 2.24) is 9.78 Å². The number of anilines is 1. The van der Waals surface area contributed by atoms with E-state index >= 15 is 0 Å². The van der Waals surface area contributed by atoms with Crippen molar-refractivity contribution < 1.29 is 18.3 Å². The van der Waals surface area contributed by atoms with Gasteiger partial charge in [-0.05, 0) is 42.3 Å². The summed E-state index contributed by atoms with van der Waals surface area (Å²) in [5.74, 6) is -1.39. The first-order chi connectivity index (χ1) is 13.8. The van der Waals surface area contributed by atoms with Gasteiger partial charge in [0.25, 0.3) is 5.91 Å². The first kappa shape index (κ1) is 20.8. The lowest BCUT2D eigenvalue weighted by Crippen LogP contribution is -2.15. The molecule has 0 aliphatic rings. The van der Waals surface area contributed by atoms with Crippen LogP contribution in [0, 0.1) is 17.6 Å². The van der Waals surface area contributed by atoms with Crippen molar-refractivity contribution in [3.05, 3.63) is 76.6 Å². The first-order valence-electron chi connectivity index (χ1n) is 9.03. The summed E-state index contributed by atoms with van der Waals surface area (Å²) in [4.78, 5) is 12.3. The van der Waals surface area contributed by atoms with Crippen LogP contribution in [-0.4, -0.2) is 22.3 Å². The molecule has 0 aliphatic heterocycles. The Labute approximate surface area is 172 Å². The van der Waals surface area contributed by atoms with Crippen molar-refractivity contribution in [1.29, 1.82) is 0 Å². The van der Waals surface area contributed by atoms with Crippen LogP contribution in [0.4, 0.5) is 14.5 Å². The Kier molecular flexibility index (Phi) is 6.49. The summed E-state index contributed by atoms with van der Waals surface area (Å²) in [7, 11) is 0. The van der Waals surface area contributed by atoms with Gasteiger partial charge in [0, 0.05) is 16.8 Å². The van der Waals surface area contributed by atoms with Gasteiger partial charge in [-0.1, -0.05) is 31.5 Å². The summed E-state index contributed by atoms with van der Waals surface area (Å²) in [6.07, 6.45) is 1.60. The molecule has 1 amide bonds. The number of aromatic nitrogens is 2. The average Bonchev–Trinajstić information content (AvgIpc) is 3.12. The van der Waals surface area contributed by atoms with Crippen LogP contribution in [0.1, 0.15) is 29.9 Å². The van der Waals surface area contributed by atoms with Gasteiger partial charge < -0.3 is 10.1 Å². The number of carbonyl (C=O) groups is 1. The molecule has 0 saturated heterocycles. The summed E-state index contributed by atoms with van der Waals surface area (Å²) in [6.45, 7) is 4.96. The van der Waals surface area contributed by atoms with Crippen LogP contribution in [0.2, 0.25) is 5.02 Å². The Morgan fingerprint density at radius 3 is 2.62 bits per heavy atom. The van der Waals surface area contributed by atoms with Crippen molar-refractivity contribution in [2.24, 2.45) is 5.92 Å². The van der Waals surface area contributed by atoms with Crippen molar-refractivity contribution >= 4 is 23.2 Å². The second-order valence-electron chi connectivity index (χ2n) is 6.91. The second kappa shape index (κ2) is 9.05. The Balaban J connectivity index is 1.75. The van der Waals surface area contributed by atoms with Gasteiger partial charge in [-0.3, -0.25) is 9.48 Å². The van der Waals surface area contributed by atoms with E-state index in [0.29, 0.717) is 29.8 Å². The number of para-hydroxylation sites is 1. The molecule has 2 aromatic carbocycles. The minimum Gasteiger partial charge on any atom is -0.493 e. The van der Waals surface area contributed by atoms with Gasteiger partial charge >= 0.3 is 0 Å². The molecule has 3 aromatic rings. The maximum atomic E-state index is 13.7. The molecule has 0 atom stereocenters. The van der Waals surface area contributed by atoms with E-state index in [-0.39, 0.29) is 5.69 Å². The minimum atomic E-state index is -0.858. The molecule has 0 radical (unpaired) electrons. The molecule has 152 valence electrons. The number of hydrogen-bond donors (Lipinski definition) is 1. The van der Waals surface area contributed by atoms with Crippen LogP contribution < -0.4 is 10.1 Å². The maximum absolute atomic E-state index is 13.7. The number of rotatable bonds is 7. The number of nitrogens with zero attached hydrogens (tertiary/aromatic N) is 2. The largest absolute Gasteiger partial charge is 0.493 e. The molecule has 1 heterocycles. The number of benzene rings is 2. The molecule has 1 N–H and O–H groups in total. The van der Waals surface area contributed by atoms with Crippen LogP contribution in [0.15, 0.2) is 48.7 Å². The first-order valence-corrected chi connectivity index (χ1v) is 9.41. The maximum Gasteiger partial charge on any atom is 0.276 e. The fourth-order valence-electron chi connectivity index (χ4n) is 2.61. The van der Waals surface area contributed by atoms with Crippen LogP contribution >= 0.6 is 11.6 Å². The van der Waals surface area contributed by atoms with Gasteiger partial charge in [0.15, 0.2) is 5.69 Å². The summed E-state index contributed by atoms with van der Waals surface area (Å²) < 4.78 is 34.8. The number of hydrogen-bond acceptors (Lipinski definition) is 3. The molecule has 3 rings (SSSR count). The van der Waals surface area contributed by atoms with E-state index in [4.69, 9.17) is 16.3 Å². The Hall–Kier alpha value is -2.93. The van der Waals surface area contributed by atoms with Crippen molar-refractivity contribution in [2.45, 2.75) is 20.4 Å². The molecular formula is C21H20ClF2N3O2. The van der Waals surface area contributed by atoms with Crippen molar-refractivity contribution in [3.8, 4) is 5.75 Å². The molecule has 29 heavy (non-hydrogen) atoms. The summed E-state index contributed by atoms with van der Waals surface area (Å²) >= 11 is 6.10. The van der Waals surface area contributed by atoms with E-state index in [1.807, 2.05) is 13.8 Å². The Morgan fingerprint density at radius 2 is 1.93 bits per heavy atom. The fourth-order valence-corrected chi connectivity index (χ4v) is 2.80. The molecule has 0 saturated carbocycles. The third kappa shape index (κ3) is 5.32. The number of amides is 1. The van der Waals surface area contributed by atoms with E-state index in [9.17, 15) is 13.6 Å². The Bertz CT molecular complexity index is 1000. The van der Waals surface area contributed by atoms with Gasteiger partial charge in [-0.25, -0.2) is 8.78 Å². The zero-order valence-electron chi connectivity index (χ0n) is 16.0. The Morgan fingerprint density at radius 1 is 1.21 bits per heavy atom. The molecule has 0 fully saturated rings. The van der Waals surface area contributed by atoms with Gasteiger partial charge in [-0.2, -0.15) is 5.10 Å². The smallest absolute Gasteiger partial charge is 0.276 e. The topological polar surface area (TPSA) is 56.1 Å². The molecule has 1 aromatic heterocycles. The zero-order chi connectivity index (χ0) is 21.0. The third-order valence-electron chi connectivity index (χ3n) is 4.00. The molecule has 0 aliphatic carbocycles. The van der Waals surface area contributed by atoms with E-state index in [2.05, 4.69) is 10.4 Å². The van der Waals surface area contributed by atoms with E-state index in [1.54, 1.807) is 24.4 Å². The summed E-state index contributed by atoms with van der Waals surface area (Å²) in [6, 6.07) is 10.1. The van der Waals surface area contributed by atoms with E-state index < -0.39 is 23.2 Å². The van der Waals surface area contributed by atoms with Gasteiger partial charge in [0.2, 0.25) is 0 Å². The second-order valence-corrected chi connectivity index (χ2v) is 7.34. The fraction of sp³-hybridized carbons (Fsp3) is 0.238. The van der Waals surface area contributed by atoms with Crippen molar-refractivity contribution in [3.63, 3.8) is 0 Å². The van der Waals surface area contributed by atoms with Crippen LogP contribution in [0.25, 0.3) is 0 Å². The molecule has 0 unspecified atom stereocenters. The normalized spacial score (nSPS) is 11.0. The highest BCUT2D eigenvalue weighted by atomic mass is 35.5. The van der Waals surface area contributed by atoms with Gasteiger partial charge in [0.1, 0.15) is 23.1 Å². The molecule has 5 nitrogen and oxygen atoms in total. The lowest BCUT2D eigenvalue weighted by atomic mass is 10.2. The van der Waals surface area contributed by atoms with E-state index in [0.717, 1.165) is 17.7 Å². The van der Waals surface area contributed by atoms with E-state index in [1.165, 1.54) is 16.8 Å². The summed E-state index contributed by atoms with van der Waals surface area (Å²) in [5.41, 5.74) is 0.318. The highest BCUT2D eigenvalue weighted by Crippen LogP contribution is 2.24.